The number of benzene rings is 1. The van der Waals surface area contributed by atoms with Crippen molar-refractivity contribution in [3.63, 3.8) is 0 Å². The molecule has 0 aliphatic rings. The van der Waals surface area contributed by atoms with E-state index < -0.39 is 4.92 Å². The fourth-order valence-corrected chi connectivity index (χ4v) is 1.30. The second kappa shape index (κ2) is 6.37. The Hall–Kier alpha value is -2.24. The molecule has 0 amide bonds. The molecular formula is C12H12N2O3. The predicted molar refractivity (Wildman–Crippen MR) is 65.0 cm³/mol. The first-order valence-corrected chi connectivity index (χ1v) is 4.89. The van der Waals surface area contributed by atoms with Crippen molar-refractivity contribution < 1.29 is 10.4 Å². The molecule has 0 radical (unpaired) electrons. The van der Waals surface area contributed by atoms with E-state index in [1.54, 1.807) is 30.3 Å². The maximum Gasteiger partial charge on any atom is 0.330 e. The summed E-state index contributed by atoms with van der Waals surface area (Å²) < 4.78 is 0. The van der Waals surface area contributed by atoms with Crippen LogP contribution in [-0.2, 0) is 0 Å². The van der Waals surface area contributed by atoms with E-state index in [9.17, 15) is 15.3 Å². The van der Waals surface area contributed by atoms with Gasteiger partial charge in [0.05, 0.1) is 4.92 Å². The lowest BCUT2D eigenvalue weighted by Gasteiger charge is -2.06. The SMILES string of the molecule is C=CC=CC(=C([NH2+][O-])c1ccccc1)[N+](=O)[O-]. The molecule has 0 bridgehead atoms. The number of hydroxylamine groups is 1. The van der Waals surface area contributed by atoms with E-state index in [-0.39, 0.29) is 11.4 Å². The summed E-state index contributed by atoms with van der Waals surface area (Å²) in [7, 11) is 0. The second-order valence-electron chi connectivity index (χ2n) is 3.13. The summed E-state index contributed by atoms with van der Waals surface area (Å²) >= 11 is 0. The molecule has 0 spiro atoms. The van der Waals surface area contributed by atoms with Gasteiger partial charge in [-0.2, -0.15) is 0 Å². The largest absolute Gasteiger partial charge is 0.630 e. The van der Waals surface area contributed by atoms with Crippen molar-refractivity contribution in [1.29, 1.82) is 0 Å². The first-order chi connectivity index (χ1) is 8.20. The van der Waals surface area contributed by atoms with Crippen LogP contribution in [0.3, 0.4) is 0 Å². The maximum atomic E-state index is 11.0. The zero-order chi connectivity index (χ0) is 12.7. The van der Waals surface area contributed by atoms with Gasteiger partial charge in [-0.15, -0.1) is 0 Å². The molecule has 0 aliphatic heterocycles. The summed E-state index contributed by atoms with van der Waals surface area (Å²) in [6, 6.07) is 8.50. The molecule has 0 heterocycles. The average Bonchev–Trinajstić information content (AvgIpc) is 2.35. The smallest absolute Gasteiger partial charge is 0.330 e. The van der Waals surface area contributed by atoms with Gasteiger partial charge < -0.3 is 10.7 Å². The topological polar surface area (TPSA) is 82.8 Å². The third-order valence-corrected chi connectivity index (χ3v) is 2.07. The van der Waals surface area contributed by atoms with Crippen LogP contribution < -0.4 is 5.48 Å². The Kier molecular flexibility index (Phi) is 4.80. The molecule has 1 rings (SSSR count). The lowest BCUT2D eigenvalue weighted by atomic mass is 10.1. The lowest BCUT2D eigenvalue weighted by Crippen LogP contribution is -2.74. The monoisotopic (exact) mass is 232 g/mol. The Morgan fingerprint density at radius 3 is 2.47 bits per heavy atom. The predicted octanol–water partition coefficient (Wildman–Crippen LogP) is 1.44. The van der Waals surface area contributed by atoms with Crippen LogP contribution >= 0.6 is 0 Å². The molecule has 1 aromatic rings. The van der Waals surface area contributed by atoms with E-state index in [1.165, 1.54) is 18.2 Å². The summed E-state index contributed by atoms with van der Waals surface area (Å²) in [5.74, 6) is 0. The number of hydrogen-bond donors (Lipinski definition) is 1. The van der Waals surface area contributed by atoms with Crippen molar-refractivity contribution in [2.24, 2.45) is 0 Å². The quantitative estimate of drug-likeness (QED) is 0.473. The number of quaternary nitrogens is 1. The minimum Gasteiger partial charge on any atom is -0.630 e. The number of nitrogens with two attached hydrogens (primary N) is 1. The second-order valence-corrected chi connectivity index (χ2v) is 3.13. The number of hydrogen-bond acceptors (Lipinski definition) is 3. The third-order valence-electron chi connectivity index (χ3n) is 2.07. The van der Waals surface area contributed by atoms with Crippen LogP contribution in [0.2, 0.25) is 0 Å². The van der Waals surface area contributed by atoms with Gasteiger partial charge in [0, 0.05) is 11.6 Å². The van der Waals surface area contributed by atoms with Crippen molar-refractivity contribution >= 4 is 5.70 Å². The van der Waals surface area contributed by atoms with Crippen molar-refractivity contribution in [1.82, 2.24) is 0 Å². The van der Waals surface area contributed by atoms with E-state index in [0.29, 0.717) is 11.0 Å². The van der Waals surface area contributed by atoms with E-state index in [0.717, 1.165) is 0 Å². The number of rotatable bonds is 5. The van der Waals surface area contributed by atoms with Crippen molar-refractivity contribution in [2.75, 3.05) is 0 Å². The summed E-state index contributed by atoms with van der Waals surface area (Å²) in [5, 5.41) is 21.9. The van der Waals surface area contributed by atoms with E-state index >= 15 is 0 Å². The van der Waals surface area contributed by atoms with Gasteiger partial charge in [-0.3, -0.25) is 10.1 Å². The Morgan fingerprint density at radius 2 is 2.00 bits per heavy atom. The first kappa shape index (κ1) is 12.8. The van der Waals surface area contributed by atoms with Crippen LogP contribution in [0, 0.1) is 15.3 Å². The van der Waals surface area contributed by atoms with E-state index in [2.05, 4.69) is 6.58 Å². The third kappa shape index (κ3) is 3.37. The minimum absolute atomic E-state index is 0.0497. The summed E-state index contributed by atoms with van der Waals surface area (Å²) in [5.41, 5.74) is 0.809. The fraction of sp³-hybridized carbons (Fsp3) is 0. The molecule has 88 valence electrons. The minimum atomic E-state index is -0.587. The molecule has 1 aromatic carbocycles. The summed E-state index contributed by atoms with van der Waals surface area (Å²) in [6.07, 6.45) is 4.09. The molecule has 0 fully saturated rings. The molecule has 5 heteroatoms. The lowest BCUT2D eigenvalue weighted by molar-refractivity contribution is -0.503. The van der Waals surface area contributed by atoms with Gasteiger partial charge in [0.15, 0.2) is 0 Å². The molecule has 0 aliphatic carbocycles. The van der Waals surface area contributed by atoms with E-state index in [4.69, 9.17) is 0 Å². The Bertz CT molecular complexity index is 464. The van der Waals surface area contributed by atoms with Crippen LogP contribution in [0.4, 0.5) is 0 Å². The van der Waals surface area contributed by atoms with E-state index in [1.807, 2.05) is 0 Å². The van der Waals surface area contributed by atoms with Gasteiger partial charge in [-0.05, 0) is 12.1 Å². The van der Waals surface area contributed by atoms with Gasteiger partial charge in [0.1, 0.15) is 0 Å². The first-order valence-electron chi connectivity index (χ1n) is 4.89. The maximum absolute atomic E-state index is 11.0. The molecule has 0 saturated carbocycles. The highest BCUT2D eigenvalue weighted by atomic mass is 16.6. The summed E-state index contributed by atoms with van der Waals surface area (Å²) in [4.78, 5) is 10.3. The zero-order valence-corrected chi connectivity index (χ0v) is 9.08. The zero-order valence-electron chi connectivity index (χ0n) is 9.08. The van der Waals surface area contributed by atoms with Gasteiger partial charge in [-0.25, -0.2) is 0 Å². The number of allylic oxidation sites excluding steroid dienone is 3. The van der Waals surface area contributed by atoms with Gasteiger partial charge in [0.25, 0.3) is 0 Å². The van der Waals surface area contributed by atoms with Crippen LogP contribution in [0.1, 0.15) is 5.56 Å². The molecule has 0 atom stereocenters. The standard InChI is InChI=1S/C12H12N2O3/c1-2-3-9-11(14(16)17)12(13-15)10-7-5-4-6-8-10/h2-9H,1,13H2. The number of nitro groups is 1. The highest BCUT2D eigenvalue weighted by Gasteiger charge is 2.18. The molecule has 17 heavy (non-hydrogen) atoms. The van der Waals surface area contributed by atoms with Crippen molar-refractivity contribution in [3.8, 4) is 0 Å². The van der Waals surface area contributed by atoms with Crippen LogP contribution in [-0.4, -0.2) is 4.92 Å². The highest BCUT2D eigenvalue weighted by Crippen LogP contribution is 2.13. The number of nitrogens with zero attached hydrogens (tertiary/aromatic N) is 1. The van der Waals surface area contributed by atoms with Crippen LogP contribution in [0.5, 0.6) is 0 Å². The molecule has 0 aromatic heterocycles. The average molecular weight is 232 g/mol. The van der Waals surface area contributed by atoms with Crippen LogP contribution in [0.25, 0.3) is 5.70 Å². The molecule has 5 nitrogen and oxygen atoms in total. The normalized spacial score (nSPS) is 12.3. The fourth-order valence-electron chi connectivity index (χ4n) is 1.30. The van der Waals surface area contributed by atoms with Crippen molar-refractivity contribution in [3.05, 3.63) is 81.7 Å². The van der Waals surface area contributed by atoms with Crippen molar-refractivity contribution in [2.45, 2.75) is 0 Å². The summed E-state index contributed by atoms with van der Waals surface area (Å²) in [6.45, 7) is 3.43. The Balaban J connectivity index is 3.31. The highest BCUT2D eigenvalue weighted by molar-refractivity contribution is 5.61. The van der Waals surface area contributed by atoms with Gasteiger partial charge >= 0.3 is 5.70 Å². The Labute approximate surface area is 98.5 Å². The molecular weight excluding hydrogens is 220 g/mol. The van der Waals surface area contributed by atoms with Gasteiger partial charge in [-0.1, -0.05) is 36.9 Å². The molecule has 2 N–H and O–H groups in total. The molecule has 0 saturated heterocycles. The molecule has 0 unspecified atom stereocenters. The van der Waals surface area contributed by atoms with Gasteiger partial charge in [0.2, 0.25) is 5.70 Å². The van der Waals surface area contributed by atoms with Crippen LogP contribution in [0.15, 0.2) is 60.8 Å². The Morgan fingerprint density at radius 1 is 1.35 bits per heavy atom.